The summed E-state index contributed by atoms with van der Waals surface area (Å²) in [5, 5.41) is 10.7. The summed E-state index contributed by atoms with van der Waals surface area (Å²) in [6.45, 7) is 8.22. The second kappa shape index (κ2) is 6.12. The van der Waals surface area contributed by atoms with Crippen molar-refractivity contribution < 1.29 is 9.84 Å². The van der Waals surface area contributed by atoms with Crippen LogP contribution in [0.25, 0.3) is 0 Å². The van der Waals surface area contributed by atoms with Crippen molar-refractivity contribution >= 4 is 0 Å². The molecule has 1 N–H and O–H groups in total. The molecule has 0 saturated carbocycles. The molecule has 2 rings (SSSR count). The van der Waals surface area contributed by atoms with E-state index in [0.717, 1.165) is 37.6 Å². The van der Waals surface area contributed by atoms with Gasteiger partial charge in [-0.2, -0.15) is 0 Å². The maximum atomic E-state index is 10.7. The third-order valence-electron chi connectivity index (χ3n) is 3.81. The molecule has 1 aliphatic heterocycles. The average molecular weight is 278 g/mol. The Morgan fingerprint density at radius 3 is 2.80 bits per heavy atom. The van der Waals surface area contributed by atoms with E-state index >= 15 is 0 Å². The highest BCUT2D eigenvalue weighted by atomic mass is 16.5. The molecule has 1 aliphatic rings. The van der Waals surface area contributed by atoms with Gasteiger partial charge >= 0.3 is 0 Å². The summed E-state index contributed by atoms with van der Waals surface area (Å²) >= 11 is 0. The van der Waals surface area contributed by atoms with E-state index in [0.29, 0.717) is 6.54 Å². The fraction of sp³-hybridized carbons (Fsp3) is 0.625. The number of benzene rings is 1. The lowest BCUT2D eigenvalue weighted by atomic mass is 9.93. The van der Waals surface area contributed by atoms with E-state index in [9.17, 15) is 5.11 Å². The van der Waals surface area contributed by atoms with Gasteiger partial charge < -0.3 is 14.7 Å². The molecular formula is C16H26N2O2. The van der Waals surface area contributed by atoms with Gasteiger partial charge in [-0.3, -0.25) is 4.90 Å². The van der Waals surface area contributed by atoms with Crippen LogP contribution in [0.1, 0.15) is 25.0 Å². The van der Waals surface area contributed by atoms with Crippen molar-refractivity contribution in [2.24, 2.45) is 0 Å². The van der Waals surface area contributed by atoms with Crippen LogP contribution in [0, 0.1) is 0 Å². The number of rotatable bonds is 4. The number of hydrogen-bond donors (Lipinski definition) is 1. The number of nitrogens with zero attached hydrogens (tertiary/aromatic N) is 2. The molecule has 1 atom stereocenters. The first-order chi connectivity index (χ1) is 9.42. The molecule has 4 heteroatoms. The summed E-state index contributed by atoms with van der Waals surface area (Å²) in [5.74, 6) is 0.949. The second-order valence-electron chi connectivity index (χ2n) is 6.05. The lowest BCUT2D eigenvalue weighted by Crippen LogP contribution is -2.34. The third kappa shape index (κ3) is 3.51. The molecule has 1 aromatic carbocycles. The highest BCUT2D eigenvalue weighted by molar-refractivity contribution is 5.40. The van der Waals surface area contributed by atoms with Gasteiger partial charge in [0.1, 0.15) is 12.4 Å². The van der Waals surface area contributed by atoms with E-state index in [2.05, 4.69) is 17.9 Å². The molecule has 4 nitrogen and oxygen atoms in total. The Hall–Kier alpha value is -1.10. The molecule has 1 aromatic rings. The number of aliphatic hydroxyl groups is 1. The summed E-state index contributed by atoms with van der Waals surface area (Å²) < 4.78 is 5.80. The maximum absolute atomic E-state index is 10.7. The summed E-state index contributed by atoms with van der Waals surface area (Å²) in [6.07, 6.45) is 0. The lowest BCUT2D eigenvalue weighted by Gasteiger charge is -2.28. The van der Waals surface area contributed by atoms with Crippen LogP contribution < -0.4 is 4.74 Å². The molecule has 0 amide bonds. The van der Waals surface area contributed by atoms with Gasteiger partial charge in [0.25, 0.3) is 0 Å². The van der Waals surface area contributed by atoms with Gasteiger partial charge in [0, 0.05) is 25.2 Å². The quantitative estimate of drug-likeness (QED) is 0.909. The number of likely N-dealkylation sites (N-methyl/N-ethyl adjacent to an activating group) is 2. The van der Waals surface area contributed by atoms with Crippen LogP contribution in [0.3, 0.4) is 0 Å². The van der Waals surface area contributed by atoms with Crippen LogP contribution in [0.2, 0.25) is 0 Å². The normalized spacial score (nSPS) is 19.1. The molecular weight excluding hydrogens is 252 g/mol. The zero-order valence-corrected chi connectivity index (χ0v) is 13.0. The molecule has 0 radical (unpaired) electrons. The fourth-order valence-electron chi connectivity index (χ4n) is 2.76. The van der Waals surface area contributed by atoms with E-state index in [1.165, 1.54) is 5.56 Å². The molecule has 0 fully saturated rings. The minimum absolute atomic E-state index is 0.601. The van der Waals surface area contributed by atoms with E-state index in [1.807, 2.05) is 38.1 Å². The molecule has 20 heavy (non-hydrogen) atoms. The maximum Gasteiger partial charge on any atom is 0.123 e. The van der Waals surface area contributed by atoms with Crippen molar-refractivity contribution in [1.29, 1.82) is 0 Å². The Kier molecular flexibility index (Phi) is 4.68. The SMILES string of the molecule is CCN1CCOc2ccc(C(C)(O)CN(C)C)cc2C1. The first-order valence-electron chi connectivity index (χ1n) is 7.28. The number of hydrogen-bond acceptors (Lipinski definition) is 4. The molecule has 0 bridgehead atoms. The first kappa shape index (κ1) is 15.3. The molecule has 0 aliphatic carbocycles. The van der Waals surface area contributed by atoms with Gasteiger partial charge in [0.15, 0.2) is 0 Å². The smallest absolute Gasteiger partial charge is 0.123 e. The van der Waals surface area contributed by atoms with Crippen LogP contribution in [-0.2, 0) is 12.1 Å². The summed E-state index contributed by atoms with van der Waals surface area (Å²) in [6, 6.07) is 6.06. The minimum atomic E-state index is -0.845. The van der Waals surface area contributed by atoms with Gasteiger partial charge in [-0.05, 0) is 45.3 Å². The van der Waals surface area contributed by atoms with Crippen molar-refractivity contribution in [2.75, 3.05) is 40.3 Å². The molecule has 1 heterocycles. The largest absolute Gasteiger partial charge is 0.492 e. The van der Waals surface area contributed by atoms with Gasteiger partial charge in [-0.25, -0.2) is 0 Å². The summed E-state index contributed by atoms with van der Waals surface area (Å²) in [5.41, 5.74) is 1.27. The zero-order valence-electron chi connectivity index (χ0n) is 13.0. The Morgan fingerprint density at radius 2 is 2.15 bits per heavy atom. The van der Waals surface area contributed by atoms with E-state index in [1.54, 1.807) is 0 Å². The van der Waals surface area contributed by atoms with Gasteiger partial charge in [-0.15, -0.1) is 0 Å². The highest BCUT2D eigenvalue weighted by Crippen LogP contribution is 2.29. The van der Waals surface area contributed by atoms with Crippen molar-refractivity contribution in [3.63, 3.8) is 0 Å². The van der Waals surface area contributed by atoms with Crippen LogP contribution in [0.15, 0.2) is 18.2 Å². The van der Waals surface area contributed by atoms with Crippen LogP contribution in [0.4, 0.5) is 0 Å². The molecule has 112 valence electrons. The monoisotopic (exact) mass is 278 g/mol. The fourth-order valence-corrected chi connectivity index (χ4v) is 2.76. The van der Waals surface area contributed by atoms with Crippen LogP contribution in [-0.4, -0.2) is 55.2 Å². The standard InChI is InChI=1S/C16H26N2O2/c1-5-18-8-9-20-15-7-6-14(10-13(15)11-18)16(2,19)12-17(3)4/h6-7,10,19H,5,8-9,11-12H2,1-4H3. The van der Waals surface area contributed by atoms with Crippen molar-refractivity contribution in [2.45, 2.75) is 26.0 Å². The predicted molar refractivity (Wildman–Crippen MR) is 81.0 cm³/mol. The van der Waals surface area contributed by atoms with Gasteiger partial charge in [0.05, 0.1) is 5.60 Å². The van der Waals surface area contributed by atoms with E-state index in [4.69, 9.17) is 4.74 Å². The topological polar surface area (TPSA) is 35.9 Å². The molecule has 1 unspecified atom stereocenters. The van der Waals surface area contributed by atoms with E-state index in [-0.39, 0.29) is 0 Å². The molecule has 0 saturated heterocycles. The van der Waals surface area contributed by atoms with Crippen LogP contribution in [0.5, 0.6) is 5.75 Å². The second-order valence-corrected chi connectivity index (χ2v) is 6.05. The van der Waals surface area contributed by atoms with Gasteiger partial charge in [-0.1, -0.05) is 13.0 Å². The Bertz CT molecular complexity index is 458. The lowest BCUT2D eigenvalue weighted by molar-refractivity contribution is 0.0299. The average Bonchev–Trinajstić information content (AvgIpc) is 2.57. The van der Waals surface area contributed by atoms with Crippen molar-refractivity contribution in [3.8, 4) is 5.75 Å². The summed E-state index contributed by atoms with van der Waals surface area (Å²) in [7, 11) is 3.94. The van der Waals surface area contributed by atoms with E-state index < -0.39 is 5.60 Å². The predicted octanol–water partition coefficient (Wildman–Crippen LogP) is 1.67. The van der Waals surface area contributed by atoms with Gasteiger partial charge in [0.2, 0.25) is 0 Å². The van der Waals surface area contributed by atoms with Crippen molar-refractivity contribution in [1.82, 2.24) is 9.80 Å². The highest BCUT2D eigenvalue weighted by Gasteiger charge is 2.25. The molecule has 0 spiro atoms. The Labute approximate surface area is 122 Å². The van der Waals surface area contributed by atoms with Crippen molar-refractivity contribution in [3.05, 3.63) is 29.3 Å². The number of fused-ring (bicyclic) bond motifs is 1. The Morgan fingerprint density at radius 1 is 1.40 bits per heavy atom. The van der Waals surface area contributed by atoms with Crippen LogP contribution >= 0.6 is 0 Å². The first-order valence-corrected chi connectivity index (χ1v) is 7.28. The molecule has 0 aromatic heterocycles. The number of ether oxygens (including phenoxy) is 1. The zero-order chi connectivity index (χ0) is 14.8. The minimum Gasteiger partial charge on any atom is -0.492 e. The summed E-state index contributed by atoms with van der Waals surface area (Å²) in [4.78, 5) is 4.36. The Balaban J connectivity index is 2.28. The third-order valence-corrected chi connectivity index (χ3v) is 3.81.